The van der Waals surface area contributed by atoms with Crippen molar-refractivity contribution in [2.24, 2.45) is 34.4 Å². The first-order chi connectivity index (χ1) is 64.6. The first-order valence-electron chi connectivity index (χ1n) is 44.7. The monoisotopic (exact) mass is 1880 g/mol. The van der Waals surface area contributed by atoms with Crippen molar-refractivity contribution in [1.29, 1.82) is 10.8 Å². The molecular formula is C90H128N26O19. The van der Waals surface area contributed by atoms with Crippen LogP contribution in [-0.4, -0.2) is 258 Å². The Morgan fingerprint density at radius 2 is 1.01 bits per heavy atom. The third kappa shape index (κ3) is 37.5. The predicted octanol–water partition coefficient (Wildman–Crippen LogP) is -4.63. The van der Waals surface area contributed by atoms with Crippen LogP contribution in [0.2, 0.25) is 0 Å². The van der Waals surface area contributed by atoms with Crippen LogP contribution in [0.15, 0.2) is 128 Å². The van der Waals surface area contributed by atoms with E-state index in [1.165, 1.54) is 43.3 Å². The van der Waals surface area contributed by atoms with Gasteiger partial charge in [0.2, 0.25) is 94.5 Å². The number of H-pyrrole nitrogens is 2. The largest absolute Gasteiger partial charge is 0.508 e. The lowest BCUT2D eigenvalue weighted by molar-refractivity contribution is -0.137. The number of carbonyl (C=O) groups excluding carboxylic acids is 16. The lowest BCUT2D eigenvalue weighted by Gasteiger charge is -2.29. The van der Waals surface area contributed by atoms with Gasteiger partial charge in [-0.3, -0.25) is 87.5 Å². The van der Waals surface area contributed by atoms with Gasteiger partial charge in [0.1, 0.15) is 84.9 Å². The van der Waals surface area contributed by atoms with Gasteiger partial charge in [0.15, 0.2) is 11.9 Å². The van der Waals surface area contributed by atoms with Crippen LogP contribution in [0.1, 0.15) is 132 Å². The van der Waals surface area contributed by atoms with Gasteiger partial charge in [-0.25, -0.2) is 0 Å². The molecule has 2 unspecified atom stereocenters. The van der Waals surface area contributed by atoms with Crippen LogP contribution in [0.5, 0.6) is 5.75 Å². The fraction of sp³-hybridized carbons (Fsp3) is 0.467. The van der Waals surface area contributed by atoms with E-state index in [-0.39, 0.29) is 116 Å². The maximum absolute atomic E-state index is 15.7. The van der Waals surface area contributed by atoms with E-state index in [0.717, 1.165) is 6.92 Å². The van der Waals surface area contributed by atoms with E-state index in [4.69, 9.17) is 50.0 Å². The highest BCUT2D eigenvalue weighted by molar-refractivity contribution is 6.01. The predicted molar refractivity (Wildman–Crippen MR) is 498 cm³/mol. The summed E-state index contributed by atoms with van der Waals surface area (Å²) in [4.78, 5) is 234. The van der Waals surface area contributed by atoms with Gasteiger partial charge in [0.25, 0.3) is 0 Å². The van der Waals surface area contributed by atoms with Crippen molar-refractivity contribution < 1.29 is 91.7 Å². The van der Waals surface area contributed by atoms with E-state index >= 15 is 28.8 Å². The summed E-state index contributed by atoms with van der Waals surface area (Å²) in [6.07, 6.45) is 3.01. The number of fused-ring (bicyclic) bond motifs is 2. The smallest absolute Gasteiger partial charge is 0.246 e. The molecule has 0 saturated carbocycles. The number of aromatic hydroxyl groups is 1. The van der Waals surface area contributed by atoms with E-state index in [1.54, 1.807) is 91.3 Å². The molecule has 0 radical (unpaired) electrons. The topological polar surface area (TPSA) is 751 Å². The number of aliphatic hydroxyl groups excluding tert-OH is 1. The summed E-state index contributed by atoms with van der Waals surface area (Å²) in [6.45, 7) is 1.55. The van der Waals surface area contributed by atoms with Crippen molar-refractivity contribution in [2.45, 2.75) is 214 Å². The SMILES string of the molecule is CC(=O)NC1CC/C=C\CC(C(=O)N[C@@H](Cc2ccc(O)cc2)C(=O)N[C@@H](Cc2c[nH]c3ccccc23)C(=O)N[C@@H](CCCNC(=N)N)C(=O)N[C@@H](CCCCN)C(=O)N[C@@H](Cc2ccccc2)C(=O)NCC(=O)NCCOCC(=O)N[C@H](CCCCN)C(N)=O)NC(=O)[C@H](CCC(N)=O)NC(=O)[C@H](Cc2c[nH]c3ccccc23)NC(=O)[C@H]([C@@H](C)O)NC(=O)[C@H](CCCNC(=N)N)NC1=O. The van der Waals surface area contributed by atoms with Gasteiger partial charge >= 0.3 is 0 Å². The van der Waals surface area contributed by atoms with Crippen LogP contribution in [-0.2, 0) is 107 Å². The van der Waals surface area contributed by atoms with Crippen LogP contribution < -0.4 is 119 Å². The van der Waals surface area contributed by atoms with Crippen molar-refractivity contribution in [3.05, 3.63) is 150 Å². The van der Waals surface area contributed by atoms with Gasteiger partial charge in [-0.2, -0.15) is 0 Å². The number of benzene rings is 4. The number of guanidine groups is 2. The van der Waals surface area contributed by atoms with Crippen LogP contribution in [0.4, 0.5) is 0 Å². The van der Waals surface area contributed by atoms with Crippen molar-refractivity contribution in [3.8, 4) is 5.75 Å². The maximum Gasteiger partial charge on any atom is 0.246 e. The summed E-state index contributed by atoms with van der Waals surface area (Å²) in [5.74, 6) is -15.7. The molecule has 0 saturated heterocycles. The Morgan fingerprint density at radius 1 is 0.496 bits per heavy atom. The molecule has 2 aromatic heterocycles. The highest BCUT2D eigenvalue weighted by Gasteiger charge is 2.39. The third-order valence-electron chi connectivity index (χ3n) is 21.9. The van der Waals surface area contributed by atoms with E-state index in [0.29, 0.717) is 69.9 Å². The number of aromatic amines is 2. The molecule has 7 rings (SSSR count). The molecule has 34 N–H and O–H groups in total. The number of rotatable bonds is 49. The number of nitrogens with one attached hydrogen (secondary N) is 20. The number of nitrogens with two attached hydrogens (primary N) is 6. The highest BCUT2D eigenvalue weighted by atomic mass is 16.5. The fourth-order valence-electron chi connectivity index (χ4n) is 14.8. The van der Waals surface area contributed by atoms with E-state index < -0.39 is 224 Å². The molecule has 6 aromatic rings. The minimum absolute atomic E-state index is 0.0231. The number of amides is 16. The zero-order valence-corrected chi connectivity index (χ0v) is 75.5. The second-order valence-electron chi connectivity index (χ2n) is 32.7. The summed E-state index contributed by atoms with van der Waals surface area (Å²) >= 11 is 0. The highest BCUT2D eigenvalue weighted by Crippen LogP contribution is 2.23. The molecule has 135 heavy (non-hydrogen) atoms. The van der Waals surface area contributed by atoms with E-state index in [9.17, 15) is 58.2 Å². The molecule has 45 nitrogen and oxygen atoms in total. The Balaban J connectivity index is 1.22. The molecule has 0 fully saturated rings. The van der Waals surface area contributed by atoms with Gasteiger partial charge in [0.05, 0.1) is 19.3 Å². The number of para-hydroxylation sites is 2. The fourth-order valence-corrected chi connectivity index (χ4v) is 14.8. The second-order valence-corrected chi connectivity index (χ2v) is 32.7. The first kappa shape index (κ1) is 107. The Hall–Kier alpha value is -14.6. The number of phenols is 1. The summed E-state index contributed by atoms with van der Waals surface area (Å²) in [5.41, 5.74) is 36.8. The van der Waals surface area contributed by atoms with Gasteiger partial charge in [0, 0.05) is 92.9 Å². The summed E-state index contributed by atoms with van der Waals surface area (Å²) in [5, 5.41) is 80.6. The van der Waals surface area contributed by atoms with Crippen LogP contribution in [0.25, 0.3) is 21.8 Å². The standard InChI is InChI=1S/C90H128N26O19/c1-51(117)76-88(134)115-72(46-56-48-103-61-24-12-10-22-59(56)61)87(133)111-68(35-36-73(93)120)83(129)108-64(27-8-4-7-26-63(105-52(2)118)79(125)109-67(84(130)116-76)30-18-40-101-90(97)98)82(128)113-70(44-54-31-33-57(119)34-32-54)85(131)114-71(45-55-47-102-60-23-11-9-21-58(55)60)86(132)110-66(29-17-39-100-89(95)96)80(126)107-65(28-14-16-38-92)81(127)112-69(43-53-19-5-3-6-20-53)78(124)104-49-74(121)99-41-42-135-50-75(122)106-62(77(94)123)25-13-15-37-91/h3-6,8-12,19-24,31-34,47-48,51,62-72,76,102-103,117,119H,7,13-18,25-30,35-46,49-50,91-92H2,1-2H3,(H2,93,120)(H2,94,123)(H,99,121)(H,104,124)(H,105,118)(H,106,122)(H,107,126)(H,108,129)(H,109,125)(H,110,132)(H,111,133)(H,112,127)(H,113,128)(H,114,131)(H,115,134)(H,116,130)(H4,95,96,100)(H4,97,98,101)/b8-4-/t51-,62-,63?,64?,65+,66+,67+,68+,69+,70+,71+,72+,76+/m1/s1. The summed E-state index contributed by atoms with van der Waals surface area (Å²) in [7, 11) is 0. The Kier molecular flexibility index (Phi) is 44.8. The lowest BCUT2D eigenvalue weighted by atomic mass is 10.0. The molecule has 3 heterocycles. The molecule has 0 spiro atoms. The second kappa shape index (κ2) is 56.3. The average Bonchev–Trinajstić information content (AvgIpc) is 1.71. The van der Waals surface area contributed by atoms with Crippen LogP contribution in [0, 0.1) is 10.8 Å². The van der Waals surface area contributed by atoms with Crippen LogP contribution in [0.3, 0.4) is 0 Å². The number of unbranched alkanes of at least 4 members (excludes halogenated alkanes) is 2. The molecular weight excluding hydrogens is 1750 g/mol. The lowest BCUT2D eigenvalue weighted by Crippen LogP contribution is -2.62. The van der Waals surface area contributed by atoms with Crippen molar-refractivity contribution in [2.75, 3.05) is 52.5 Å². The quantitative estimate of drug-likeness (QED) is 0.00739. The van der Waals surface area contributed by atoms with E-state index in [2.05, 4.69) is 95.0 Å². The summed E-state index contributed by atoms with van der Waals surface area (Å²) < 4.78 is 5.38. The third-order valence-corrected chi connectivity index (χ3v) is 21.9. The number of ether oxygens (including phenoxy) is 1. The molecule has 4 aromatic carbocycles. The number of hydrogen-bond donors (Lipinski definition) is 28. The number of allylic oxidation sites excluding steroid dienone is 1. The number of aromatic nitrogens is 2. The van der Waals surface area contributed by atoms with Gasteiger partial charge < -0.3 is 144 Å². The molecule has 732 valence electrons. The Bertz CT molecular complexity index is 5070. The van der Waals surface area contributed by atoms with Gasteiger partial charge in [-0.05, 0) is 156 Å². The zero-order chi connectivity index (χ0) is 98.5. The van der Waals surface area contributed by atoms with Gasteiger partial charge in [-0.1, -0.05) is 91.0 Å². The average molecular weight is 1880 g/mol. The zero-order valence-electron chi connectivity index (χ0n) is 75.5. The molecule has 16 amide bonds. The maximum atomic E-state index is 15.7. The molecule has 45 heteroatoms. The Morgan fingerprint density at radius 3 is 1.60 bits per heavy atom. The van der Waals surface area contributed by atoms with Gasteiger partial charge in [-0.15, -0.1) is 0 Å². The number of primary amides is 2. The Labute approximate surface area is 779 Å². The van der Waals surface area contributed by atoms with Crippen molar-refractivity contribution in [1.82, 2.24) is 95.0 Å². The molecule has 1 aliphatic heterocycles. The summed E-state index contributed by atoms with van der Waals surface area (Å²) in [6, 6.07) is 9.15. The minimum atomic E-state index is -1.85. The van der Waals surface area contributed by atoms with Crippen molar-refractivity contribution in [3.63, 3.8) is 0 Å². The van der Waals surface area contributed by atoms with Crippen molar-refractivity contribution >= 4 is 128 Å². The van der Waals surface area contributed by atoms with E-state index in [1.807, 2.05) is 0 Å². The number of phenolic OH excluding ortho intramolecular Hbond substituents is 1. The number of hydrogen-bond acceptors (Lipinski definition) is 23. The minimum Gasteiger partial charge on any atom is -0.508 e. The molecule has 0 aliphatic carbocycles. The first-order valence-corrected chi connectivity index (χ1v) is 44.7. The molecule has 1 aliphatic rings. The number of carbonyl (C=O) groups is 16. The molecule has 13 atom stereocenters. The number of aliphatic hydroxyl groups is 1. The van der Waals surface area contributed by atoms with Crippen LogP contribution >= 0.6 is 0 Å². The molecule has 0 bridgehead atoms. The normalized spacial score (nSPS) is 18.0.